The average molecular weight is 239 g/mol. The van der Waals surface area contributed by atoms with Crippen LogP contribution in [0, 0.1) is 5.92 Å². The summed E-state index contributed by atoms with van der Waals surface area (Å²) in [4.78, 5) is 25.9. The highest BCUT2D eigenvalue weighted by Crippen LogP contribution is 2.00. The molecular formula is C11H17N3O3. The summed E-state index contributed by atoms with van der Waals surface area (Å²) >= 11 is 0. The van der Waals surface area contributed by atoms with Crippen LogP contribution in [0.5, 0.6) is 0 Å². The van der Waals surface area contributed by atoms with E-state index in [4.69, 9.17) is 5.11 Å². The number of hydrogen-bond acceptors (Lipinski definition) is 3. The van der Waals surface area contributed by atoms with E-state index in [-0.39, 0.29) is 24.2 Å². The fraction of sp³-hybridized carbons (Fsp3) is 0.545. The summed E-state index contributed by atoms with van der Waals surface area (Å²) in [6.07, 6.45) is 2.67. The molecule has 0 aliphatic heterocycles. The zero-order chi connectivity index (χ0) is 13.0. The Labute approximate surface area is 99.7 Å². The van der Waals surface area contributed by atoms with Crippen LogP contribution in [0.25, 0.3) is 0 Å². The van der Waals surface area contributed by atoms with Gasteiger partial charge in [0.15, 0.2) is 5.69 Å². The fourth-order valence-corrected chi connectivity index (χ4v) is 1.19. The predicted molar refractivity (Wildman–Crippen MR) is 61.6 cm³/mol. The van der Waals surface area contributed by atoms with Gasteiger partial charge in [-0.3, -0.25) is 4.79 Å². The Morgan fingerprint density at radius 1 is 1.47 bits per heavy atom. The molecule has 0 aliphatic carbocycles. The van der Waals surface area contributed by atoms with Crippen molar-refractivity contribution in [2.24, 2.45) is 5.92 Å². The fourth-order valence-electron chi connectivity index (χ4n) is 1.19. The Balaban J connectivity index is 2.53. The molecule has 6 nitrogen and oxygen atoms in total. The van der Waals surface area contributed by atoms with E-state index in [0.717, 1.165) is 0 Å². The molecule has 6 heteroatoms. The van der Waals surface area contributed by atoms with Gasteiger partial charge in [0.1, 0.15) is 6.54 Å². The summed E-state index contributed by atoms with van der Waals surface area (Å²) in [7, 11) is 0. The maximum absolute atomic E-state index is 11.6. The molecule has 1 unspecified atom stereocenters. The first-order valence-electron chi connectivity index (χ1n) is 5.44. The number of nitrogens with zero attached hydrogens (tertiary/aromatic N) is 2. The molecule has 94 valence electrons. The van der Waals surface area contributed by atoms with Crippen LogP contribution in [0.4, 0.5) is 0 Å². The summed E-state index contributed by atoms with van der Waals surface area (Å²) in [5.74, 6) is -0.892. The van der Waals surface area contributed by atoms with Gasteiger partial charge in [0, 0.05) is 12.2 Å². The summed E-state index contributed by atoms with van der Waals surface area (Å²) < 4.78 is 1.45. The van der Waals surface area contributed by atoms with Crippen LogP contribution in [0.1, 0.15) is 31.3 Å². The SMILES string of the molecule is CC(C)C(C)NC(=O)Cn1cnc(C(=O)O)c1. The number of hydrogen-bond donors (Lipinski definition) is 2. The average Bonchev–Trinajstić information content (AvgIpc) is 2.65. The number of carboxylic acids is 1. The zero-order valence-corrected chi connectivity index (χ0v) is 10.2. The van der Waals surface area contributed by atoms with Gasteiger partial charge in [-0.1, -0.05) is 13.8 Å². The molecule has 0 saturated carbocycles. The third-order valence-corrected chi connectivity index (χ3v) is 2.57. The second-order valence-corrected chi connectivity index (χ2v) is 4.34. The van der Waals surface area contributed by atoms with Crippen LogP contribution in [0.2, 0.25) is 0 Å². The largest absolute Gasteiger partial charge is 0.476 e. The standard InChI is InChI=1S/C11H17N3O3/c1-7(2)8(3)13-10(15)5-14-4-9(11(16)17)12-6-14/h4,6-8H,5H2,1-3H3,(H,13,15)(H,16,17). The van der Waals surface area contributed by atoms with E-state index in [2.05, 4.69) is 10.3 Å². The number of imidazole rings is 1. The number of rotatable bonds is 5. The van der Waals surface area contributed by atoms with Gasteiger partial charge in [-0.2, -0.15) is 0 Å². The molecule has 2 N–H and O–H groups in total. The van der Waals surface area contributed by atoms with Gasteiger partial charge >= 0.3 is 5.97 Å². The molecule has 1 aromatic rings. The monoisotopic (exact) mass is 239 g/mol. The van der Waals surface area contributed by atoms with Crippen LogP contribution < -0.4 is 5.32 Å². The summed E-state index contributed by atoms with van der Waals surface area (Å²) in [5.41, 5.74) is -0.0605. The molecule has 0 aromatic carbocycles. The number of carboxylic acid groups (broad SMARTS) is 1. The van der Waals surface area contributed by atoms with Gasteiger partial charge < -0.3 is 15.0 Å². The minimum Gasteiger partial charge on any atom is -0.476 e. The summed E-state index contributed by atoms with van der Waals surface area (Å²) in [6, 6.07) is 0.0879. The van der Waals surface area contributed by atoms with Crippen LogP contribution in [-0.2, 0) is 11.3 Å². The van der Waals surface area contributed by atoms with Gasteiger partial charge in [-0.25, -0.2) is 9.78 Å². The molecule has 1 atom stereocenters. The highest BCUT2D eigenvalue weighted by molar-refractivity contribution is 5.85. The minimum absolute atomic E-state index is 0.0605. The quantitative estimate of drug-likeness (QED) is 0.793. The van der Waals surface area contributed by atoms with Crippen molar-refractivity contribution in [3.05, 3.63) is 18.2 Å². The lowest BCUT2D eigenvalue weighted by Gasteiger charge is -2.17. The molecule has 1 aromatic heterocycles. The topological polar surface area (TPSA) is 84.2 Å². The second kappa shape index (κ2) is 5.47. The van der Waals surface area contributed by atoms with Gasteiger partial charge in [-0.05, 0) is 12.8 Å². The Hall–Kier alpha value is -1.85. The first-order chi connectivity index (χ1) is 7.90. The molecule has 0 radical (unpaired) electrons. The molecular weight excluding hydrogens is 222 g/mol. The van der Waals surface area contributed by atoms with Gasteiger partial charge in [0.25, 0.3) is 0 Å². The number of nitrogens with one attached hydrogen (secondary N) is 1. The third-order valence-electron chi connectivity index (χ3n) is 2.57. The molecule has 1 heterocycles. The molecule has 1 rings (SSSR count). The van der Waals surface area contributed by atoms with Crippen LogP contribution >= 0.6 is 0 Å². The van der Waals surface area contributed by atoms with Crippen molar-refractivity contribution in [3.63, 3.8) is 0 Å². The molecule has 17 heavy (non-hydrogen) atoms. The lowest BCUT2D eigenvalue weighted by molar-refractivity contribution is -0.122. The molecule has 0 bridgehead atoms. The normalized spacial score (nSPS) is 12.5. The summed E-state index contributed by atoms with van der Waals surface area (Å²) in [5, 5.41) is 11.5. The van der Waals surface area contributed by atoms with Crippen LogP contribution in [-0.4, -0.2) is 32.6 Å². The Morgan fingerprint density at radius 3 is 2.59 bits per heavy atom. The summed E-state index contributed by atoms with van der Waals surface area (Å²) in [6.45, 7) is 6.05. The van der Waals surface area contributed by atoms with Gasteiger partial charge in [0.05, 0.1) is 6.33 Å². The maximum atomic E-state index is 11.6. The van der Waals surface area contributed by atoms with Crippen LogP contribution in [0.3, 0.4) is 0 Å². The Bertz CT molecular complexity index is 412. The van der Waals surface area contributed by atoms with Crippen molar-refractivity contribution < 1.29 is 14.7 Å². The minimum atomic E-state index is -1.10. The molecule has 0 spiro atoms. The number of aromatic nitrogens is 2. The van der Waals surface area contributed by atoms with Gasteiger partial charge in [-0.15, -0.1) is 0 Å². The highest BCUT2D eigenvalue weighted by Gasteiger charge is 2.12. The van der Waals surface area contributed by atoms with E-state index in [1.807, 2.05) is 20.8 Å². The number of carbonyl (C=O) groups excluding carboxylic acids is 1. The number of amides is 1. The van der Waals surface area contributed by atoms with Crippen molar-refractivity contribution in [2.75, 3.05) is 0 Å². The first kappa shape index (κ1) is 13.2. The van der Waals surface area contributed by atoms with E-state index in [9.17, 15) is 9.59 Å². The Morgan fingerprint density at radius 2 is 2.12 bits per heavy atom. The van der Waals surface area contributed by atoms with Crippen molar-refractivity contribution in [1.82, 2.24) is 14.9 Å². The molecule has 0 fully saturated rings. The first-order valence-corrected chi connectivity index (χ1v) is 5.44. The van der Waals surface area contributed by atoms with Crippen molar-refractivity contribution >= 4 is 11.9 Å². The third kappa shape index (κ3) is 3.90. The van der Waals surface area contributed by atoms with E-state index in [0.29, 0.717) is 5.92 Å². The van der Waals surface area contributed by atoms with E-state index in [1.54, 1.807) is 0 Å². The lowest BCUT2D eigenvalue weighted by atomic mass is 10.1. The van der Waals surface area contributed by atoms with Crippen molar-refractivity contribution in [3.8, 4) is 0 Å². The lowest BCUT2D eigenvalue weighted by Crippen LogP contribution is -2.37. The Kier molecular flexibility index (Phi) is 4.25. The second-order valence-electron chi connectivity index (χ2n) is 4.34. The maximum Gasteiger partial charge on any atom is 0.356 e. The smallest absolute Gasteiger partial charge is 0.356 e. The van der Waals surface area contributed by atoms with Crippen molar-refractivity contribution in [1.29, 1.82) is 0 Å². The van der Waals surface area contributed by atoms with Crippen molar-refractivity contribution in [2.45, 2.75) is 33.4 Å². The number of carbonyl (C=O) groups is 2. The van der Waals surface area contributed by atoms with E-state index in [1.165, 1.54) is 17.1 Å². The van der Waals surface area contributed by atoms with E-state index >= 15 is 0 Å². The van der Waals surface area contributed by atoms with E-state index < -0.39 is 5.97 Å². The molecule has 0 saturated heterocycles. The van der Waals surface area contributed by atoms with Crippen LogP contribution in [0.15, 0.2) is 12.5 Å². The molecule has 1 amide bonds. The number of aromatic carboxylic acids is 1. The highest BCUT2D eigenvalue weighted by atomic mass is 16.4. The zero-order valence-electron chi connectivity index (χ0n) is 10.2. The van der Waals surface area contributed by atoms with Gasteiger partial charge in [0.2, 0.25) is 5.91 Å². The molecule has 0 aliphatic rings. The predicted octanol–water partition coefficient (Wildman–Crippen LogP) is 0.742.